The number of rotatable bonds is 4. The van der Waals surface area contributed by atoms with Gasteiger partial charge in [-0.1, -0.05) is 6.92 Å². The SMILES string of the molecule is CCc1nc(Br)cc(NCC2CCCCO2)n1. The zero-order chi connectivity index (χ0) is 12.1. The van der Waals surface area contributed by atoms with Gasteiger partial charge in [0.1, 0.15) is 16.2 Å². The maximum atomic E-state index is 5.67. The largest absolute Gasteiger partial charge is 0.376 e. The van der Waals surface area contributed by atoms with E-state index in [1.807, 2.05) is 6.07 Å². The van der Waals surface area contributed by atoms with E-state index in [-0.39, 0.29) is 0 Å². The van der Waals surface area contributed by atoms with Crippen molar-refractivity contribution in [2.75, 3.05) is 18.5 Å². The van der Waals surface area contributed by atoms with E-state index in [0.29, 0.717) is 6.10 Å². The molecule has 5 heteroatoms. The van der Waals surface area contributed by atoms with Crippen molar-refractivity contribution >= 4 is 21.7 Å². The Morgan fingerprint density at radius 2 is 2.35 bits per heavy atom. The molecule has 1 atom stereocenters. The normalized spacial score (nSPS) is 20.2. The first kappa shape index (κ1) is 12.8. The minimum atomic E-state index is 0.322. The molecule has 1 N–H and O–H groups in total. The van der Waals surface area contributed by atoms with Crippen LogP contribution in [0.15, 0.2) is 10.7 Å². The Labute approximate surface area is 110 Å². The molecular weight excluding hydrogens is 282 g/mol. The Balaban J connectivity index is 1.91. The van der Waals surface area contributed by atoms with Crippen molar-refractivity contribution in [3.8, 4) is 0 Å². The molecule has 0 bridgehead atoms. The second kappa shape index (κ2) is 6.31. The highest BCUT2D eigenvalue weighted by Crippen LogP contribution is 2.15. The molecule has 2 rings (SSSR count). The van der Waals surface area contributed by atoms with Gasteiger partial charge in [0.25, 0.3) is 0 Å². The summed E-state index contributed by atoms with van der Waals surface area (Å²) in [5.41, 5.74) is 0. The molecule has 1 fully saturated rings. The molecule has 0 spiro atoms. The lowest BCUT2D eigenvalue weighted by atomic mass is 10.1. The van der Waals surface area contributed by atoms with Crippen LogP contribution in [0.3, 0.4) is 0 Å². The molecule has 1 aliphatic rings. The van der Waals surface area contributed by atoms with E-state index in [1.54, 1.807) is 0 Å². The van der Waals surface area contributed by atoms with Crippen molar-refractivity contribution in [3.63, 3.8) is 0 Å². The molecule has 1 aliphatic heterocycles. The van der Waals surface area contributed by atoms with Gasteiger partial charge >= 0.3 is 0 Å². The number of hydrogen-bond acceptors (Lipinski definition) is 4. The van der Waals surface area contributed by atoms with Crippen molar-refractivity contribution in [1.82, 2.24) is 9.97 Å². The molecule has 0 amide bonds. The second-order valence-electron chi connectivity index (χ2n) is 4.22. The average molecular weight is 300 g/mol. The summed E-state index contributed by atoms with van der Waals surface area (Å²) in [6.45, 7) is 3.77. The van der Waals surface area contributed by atoms with Gasteiger partial charge in [0, 0.05) is 25.6 Å². The quantitative estimate of drug-likeness (QED) is 0.869. The molecule has 1 unspecified atom stereocenters. The minimum absolute atomic E-state index is 0.322. The Bertz CT molecular complexity index is 367. The lowest BCUT2D eigenvalue weighted by Gasteiger charge is -2.23. The number of nitrogens with zero attached hydrogens (tertiary/aromatic N) is 2. The third-order valence-corrected chi connectivity index (χ3v) is 3.25. The highest BCUT2D eigenvalue weighted by atomic mass is 79.9. The van der Waals surface area contributed by atoms with Crippen LogP contribution in [0.5, 0.6) is 0 Å². The molecular formula is C12H18BrN3O. The first-order chi connectivity index (χ1) is 8.28. The molecule has 0 saturated carbocycles. The van der Waals surface area contributed by atoms with Gasteiger partial charge in [-0.2, -0.15) is 0 Å². The van der Waals surface area contributed by atoms with Crippen molar-refractivity contribution in [3.05, 3.63) is 16.5 Å². The standard InChI is InChI=1S/C12H18BrN3O/c1-2-11-15-10(13)7-12(16-11)14-8-9-5-3-4-6-17-9/h7,9H,2-6,8H2,1H3,(H,14,15,16). The summed E-state index contributed by atoms with van der Waals surface area (Å²) in [5.74, 6) is 1.73. The van der Waals surface area contributed by atoms with E-state index < -0.39 is 0 Å². The molecule has 2 heterocycles. The minimum Gasteiger partial charge on any atom is -0.376 e. The Morgan fingerprint density at radius 3 is 3.06 bits per heavy atom. The fraction of sp³-hybridized carbons (Fsp3) is 0.667. The number of aromatic nitrogens is 2. The predicted octanol–water partition coefficient (Wildman–Crippen LogP) is 2.78. The number of nitrogens with one attached hydrogen (secondary N) is 1. The number of halogens is 1. The molecule has 17 heavy (non-hydrogen) atoms. The lowest BCUT2D eigenvalue weighted by Crippen LogP contribution is -2.27. The van der Waals surface area contributed by atoms with Gasteiger partial charge in [-0.05, 0) is 35.2 Å². The van der Waals surface area contributed by atoms with Crippen LogP contribution in [0.25, 0.3) is 0 Å². The number of ether oxygens (including phenoxy) is 1. The topological polar surface area (TPSA) is 47.0 Å². The Kier molecular flexibility index (Phi) is 4.74. The fourth-order valence-corrected chi connectivity index (χ4v) is 2.32. The summed E-state index contributed by atoms with van der Waals surface area (Å²) >= 11 is 3.40. The second-order valence-corrected chi connectivity index (χ2v) is 5.03. The summed E-state index contributed by atoms with van der Waals surface area (Å²) < 4.78 is 6.50. The Hall–Kier alpha value is -0.680. The maximum Gasteiger partial charge on any atom is 0.131 e. The van der Waals surface area contributed by atoms with Crippen molar-refractivity contribution in [2.24, 2.45) is 0 Å². The van der Waals surface area contributed by atoms with Gasteiger partial charge < -0.3 is 10.1 Å². The third kappa shape index (κ3) is 3.92. The first-order valence-corrected chi connectivity index (χ1v) is 6.96. The molecule has 0 aliphatic carbocycles. The van der Waals surface area contributed by atoms with Crippen molar-refractivity contribution in [2.45, 2.75) is 38.7 Å². The van der Waals surface area contributed by atoms with E-state index in [0.717, 1.165) is 42.2 Å². The summed E-state index contributed by atoms with van der Waals surface area (Å²) in [5, 5.41) is 3.32. The molecule has 1 aromatic rings. The van der Waals surface area contributed by atoms with Crippen LogP contribution in [0.1, 0.15) is 32.0 Å². The number of aryl methyl sites for hydroxylation is 1. The lowest BCUT2D eigenvalue weighted by molar-refractivity contribution is 0.0247. The van der Waals surface area contributed by atoms with E-state index in [4.69, 9.17) is 4.74 Å². The number of hydrogen-bond donors (Lipinski definition) is 1. The average Bonchev–Trinajstić information content (AvgIpc) is 2.37. The summed E-state index contributed by atoms with van der Waals surface area (Å²) in [6.07, 6.45) is 4.76. The zero-order valence-electron chi connectivity index (χ0n) is 10.1. The van der Waals surface area contributed by atoms with Crippen molar-refractivity contribution in [1.29, 1.82) is 0 Å². The van der Waals surface area contributed by atoms with Gasteiger partial charge in [-0.15, -0.1) is 0 Å². The monoisotopic (exact) mass is 299 g/mol. The molecule has 4 nitrogen and oxygen atoms in total. The van der Waals surface area contributed by atoms with E-state index >= 15 is 0 Å². The summed E-state index contributed by atoms with van der Waals surface area (Å²) in [7, 11) is 0. The third-order valence-electron chi connectivity index (χ3n) is 2.84. The van der Waals surface area contributed by atoms with Crippen LogP contribution < -0.4 is 5.32 Å². The predicted molar refractivity (Wildman–Crippen MR) is 71.2 cm³/mol. The molecule has 1 aromatic heterocycles. The molecule has 1 saturated heterocycles. The molecule has 0 aromatic carbocycles. The smallest absolute Gasteiger partial charge is 0.131 e. The van der Waals surface area contributed by atoms with Gasteiger partial charge in [0.2, 0.25) is 0 Å². The van der Waals surface area contributed by atoms with Gasteiger partial charge in [-0.25, -0.2) is 9.97 Å². The van der Waals surface area contributed by atoms with Crippen LogP contribution >= 0.6 is 15.9 Å². The van der Waals surface area contributed by atoms with Crippen LogP contribution in [0.4, 0.5) is 5.82 Å². The Morgan fingerprint density at radius 1 is 1.47 bits per heavy atom. The van der Waals surface area contributed by atoms with Crippen LogP contribution in [-0.4, -0.2) is 29.2 Å². The van der Waals surface area contributed by atoms with Gasteiger partial charge in [0.15, 0.2) is 0 Å². The molecule has 0 radical (unpaired) electrons. The van der Waals surface area contributed by atoms with Gasteiger partial charge in [-0.3, -0.25) is 0 Å². The maximum absolute atomic E-state index is 5.67. The van der Waals surface area contributed by atoms with Crippen LogP contribution in [-0.2, 0) is 11.2 Å². The van der Waals surface area contributed by atoms with E-state index in [2.05, 4.69) is 38.1 Å². The number of anilines is 1. The van der Waals surface area contributed by atoms with Crippen LogP contribution in [0.2, 0.25) is 0 Å². The summed E-state index contributed by atoms with van der Waals surface area (Å²) in [4.78, 5) is 8.71. The summed E-state index contributed by atoms with van der Waals surface area (Å²) in [6, 6.07) is 1.90. The van der Waals surface area contributed by atoms with E-state index in [1.165, 1.54) is 12.8 Å². The highest BCUT2D eigenvalue weighted by molar-refractivity contribution is 9.10. The van der Waals surface area contributed by atoms with Crippen molar-refractivity contribution < 1.29 is 4.74 Å². The van der Waals surface area contributed by atoms with Gasteiger partial charge in [0.05, 0.1) is 6.10 Å². The zero-order valence-corrected chi connectivity index (χ0v) is 11.7. The highest BCUT2D eigenvalue weighted by Gasteiger charge is 2.13. The first-order valence-electron chi connectivity index (χ1n) is 6.17. The fourth-order valence-electron chi connectivity index (χ4n) is 1.90. The van der Waals surface area contributed by atoms with E-state index in [9.17, 15) is 0 Å². The van der Waals surface area contributed by atoms with Crippen LogP contribution in [0, 0.1) is 0 Å². The molecule has 94 valence electrons.